The van der Waals surface area contributed by atoms with Crippen LogP contribution in [0.25, 0.3) is 0 Å². The molecule has 0 unspecified atom stereocenters. The number of piperazine rings is 1. The molecule has 1 aromatic rings. The summed E-state index contributed by atoms with van der Waals surface area (Å²) in [7, 11) is 0. The molecule has 0 radical (unpaired) electrons. The highest BCUT2D eigenvalue weighted by atomic mass is 79.9. The summed E-state index contributed by atoms with van der Waals surface area (Å²) in [5.74, 6) is 0.985. The molecule has 1 aliphatic rings. The average molecular weight is 370 g/mol. The Kier molecular flexibility index (Phi) is 5.00. The summed E-state index contributed by atoms with van der Waals surface area (Å²) < 4.78 is 6.46. The molecule has 0 aliphatic carbocycles. The van der Waals surface area contributed by atoms with Crippen LogP contribution >= 0.6 is 15.9 Å². The van der Waals surface area contributed by atoms with Crippen molar-refractivity contribution in [3.63, 3.8) is 0 Å². The highest BCUT2D eigenvalue weighted by Crippen LogP contribution is 2.24. The number of halogens is 1. The summed E-state index contributed by atoms with van der Waals surface area (Å²) in [6, 6.07) is 2.15. The molecular weight excluding hydrogens is 346 g/mol. The van der Waals surface area contributed by atoms with E-state index in [1.54, 1.807) is 4.90 Å². The van der Waals surface area contributed by atoms with E-state index in [2.05, 4.69) is 38.8 Å². The van der Waals surface area contributed by atoms with Crippen molar-refractivity contribution in [3.8, 4) is 0 Å². The summed E-state index contributed by atoms with van der Waals surface area (Å²) >= 11 is 3.44. The molecule has 6 heteroatoms. The van der Waals surface area contributed by atoms with Gasteiger partial charge >= 0.3 is 6.09 Å². The van der Waals surface area contributed by atoms with E-state index < -0.39 is 5.60 Å². The minimum atomic E-state index is -0.461. The van der Waals surface area contributed by atoms with Gasteiger partial charge in [-0.05, 0) is 62.2 Å². The van der Waals surface area contributed by atoms with Crippen LogP contribution in [0.4, 0.5) is 10.6 Å². The summed E-state index contributed by atoms with van der Waals surface area (Å²) in [4.78, 5) is 20.8. The molecule has 0 saturated carbocycles. The number of carbonyl (C=O) groups is 1. The van der Waals surface area contributed by atoms with Crippen molar-refractivity contribution in [2.75, 3.05) is 24.5 Å². The number of rotatable bonds is 1. The monoisotopic (exact) mass is 369 g/mol. The fourth-order valence-electron chi connectivity index (χ4n) is 2.61. The second-order valence-electron chi connectivity index (χ2n) is 6.76. The van der Waals surface area contributed by atoms with Crippen molar-refractivity contribution >= 4 is 27.8 Å². The maximum absolute atomic E-state index is 12.2. The van der Waals surface area contributed by atoms with Crippen LogP contribution in [0.5, 0.6) is 0 Å². The number of aryl methyl sites for hydroxylation is 1. The van der Waals surface area contributed by atoms with Gasteiger partial charge in [0.05, 0.1) is 0 Å². The number of ether oxygens (including phenoxy) is 1. The summed E-state index contributed by atoms with van der Waals surface area (Å²) in [6.45, 7) is 11.9. The van der Waals surface area contributed by atoms with Gasteiger partial charge in [0.15, 0.2) is 0 Å². The molecular formula is C16H24BrN3O2. The maximum Gasteiger partial charge on any atom is 0.410 e. The van der Waals surface area contributed by atoms with Crippen molar-refractivity contribution in [3.05, 3.63) is 22.3 Å². The Morgan fingerprint density at radius 1 is 1.41 bits per heavy atom. The summed E-state index contributed by atoms with van der Waals surface area (Å²) in [5, 5.41) is 0. The molecule has 2 heterocycles. The fraction of sp³-hybridized carbons (Fsp3) is 0.625. The molecule has 1 aromatic heterocycles. The van der Waals surface area contributed by atoms with Gasteiger partial charge in [0.2, 0.25) is 0 Å². The predicted molar refractivity (Wildman–Crippen MR) is 91.3 cm³/mol. The Bertz CT molecular complexity index is 557. The molecule has 1 atom stereocenters. The van der Waals surface area contributed by atoms with Gasteiger partial charge in [0.25, 0.3) is 0 Å². The van der Waals surface area contributed by atoms with E-state index in [1.165, 1.54) is 0 Å². The second-order valence-corrected chi connectivity index (χ2v) is 7.68. The maximum atomic E-state index is 12.2. The molecule has 1 fully saturated rings. The number of pyridine rings is 1. The van der Waals surface area contributed by atoms with E-state index in [1.807, 2.05) is 33.9 Å². The number of hydrogen-bond acceptors (Lipinski definition) is 4. The lowest BCUT2D eigenvalue weighted by Gasteiger charge is -2.41. The van der Waals surface area contributed by atoms with Gasteiger partial charge in [0.1, 0.15) is 11.4 Å². The number of hydrogen-bond donors (Lipinski definition) is 0. The smallest absolute Gasteiger partial charge is 0.410 e. The van der Waals surface area contributed by atoms with Crippen LogP contribution in [-0.2, 0) is 4.74 Å². The molecule has 5 nitrogen and oxygen atoms in total. The van der Waals surface area contributed by atoms with Crippen LogP contribution in [0.15, 0.2) is 16.7 Å². The molecule has 1 aliphatic heterocycles. The zero-order valence-electron chi connectivity index (χ0n) is 13.9. The lowest BCUT2D eigenvalue weighted by atomic mass is 10.1. The van der Waals surface area contributed by atoms with E-state index in [0.29, 0.717) is 6.54 Å². The average Bonchev–Trinajstić information content (AvgIpc) is 2.36. The molecule has 0 N–H and O–H groups in total. The van der Waals surface area contributed by atoms with Gasteiger partial charge in [-0.3, -0.25) is 0 Å². The van der Waals surface area contributed by atoms with Crippen molar-refractivity contribution in [1.29, 1.82) is 0 Å². The zero-order valence-corrected chi connectivity index (χ0v) is 15.5. The van der Waals surface area contributed by atoms with Crippen molar-refractivity contribution in [2.24, 2.45) is 0 Å². The number of aromatic nitrogens is 1. The van der Waals surface area contributed by atoms with Crippen LogP contribution in [-0.4, -0.2) is 47.3 Å². The van der Waals surface area contributed by atoms with Crippen LogP contribution in [0, 0.1) is 6.92 Å². The first kappa shape index (κ1) is 17.1. The number of nitrogens with zero attached hydrogens (tertiary/aromatic N) is 3. The largest absolute Gasteiger partial charge is 0.444 e. The van der Waals surface area contributed by atoms with Crippen LogP contribution < -0.4 is 4.90 Å². The Balaban J connectivity index is 2.05. The van der Waals surface area contributed by atoms with E-state index >= 15 is 0 Å². The minimum absolute atomic E-state index is 0.0912. The number of anilines is 1. The molecule has 22 heavy (non-hydrogen) atoms. The fourth-order valence-corrected chi connectivity index (χ4v) is 3.05. The Morgan fingerprint density at radius 3 is 2.64 bits per heavy atom. The third kappa shape index (κ3) is 4.12. The van der Waals surface area contributed by atoms with Gasteiger partial charge in [-0.25, -0.2) is 9.78 Å². The third-order valence-electron chi connectivity index (χ3n) is 3.57. The first-order chi connectivity index (χ1) is 10.2. The van der Waals surface area contributed by atoms with Gasteiger partial charge < -0.3 is 14.5 Å². The Labute approximate surface area is 140 Å². The number of carbonyl (C=O) groups excluding carboxylic acids is 1. The SMILES string of the molecule is Cc1cc(Br)cnc1N1CCN(C(=O)OC(C)(C)C)[C@@H](C)C1. The zero-order chi connectivity index (χ0) is 16.5. The van der Waals surface area contributed by atoms with E-state index in [-0.39, 0.29) is 12.1 Å². The third-order valence-corrected chi connectivity index (χ3v) is 4.01. The molecule has 2 rings (SSSR count). The lowest BCUT2D eigenvalue weighted by molar-refractivity contribution is 0.0158. The Hall–Kier alpha value is -1.30. The quantitative estimate of drug-likeness (QED) is 0.758. The summed E-state index contributed by atoms with van der Waals surface area (Å²) in [6.07, 6.45) is 1.58. The normalized spacial score (nSPS) is 19.3. The molecule has 122 valence electrons. The van der Waals surface area contributed by atoms with Crippen molar-refractivity contribution < 1.29 is 9.53 Å². The first-order valence-corrected chi connectivity index (χ1v) is 8.33. The molecule has 0 aromatic carbocycles. The minimum Gasteiger partial charge on any atom is -0.444 e. The van der Waals surface area contributed by atoms with Crippen LogP contribution in [0.1, 0.15) is 33.3 Å². The van der Waals surface area contributed by atoms with Crippen LogP contribution in [0.2, 0.25) is 0 Å². The lowest BCUT2D eigenvalue weighted by Crippen LogP contribution is -2.55. The predicted octanol–water partition coefficient (Wildman–Crippen LogP) is 3.60. The van der Waals surface area contributed by atoms with Crippen molar-refractivity contribution in [2.45, 2.75) is 46.3 Å². The van der Waals surface area contributed by atoms with Gasteiger partial charge in [0, 0.05) is 36.3 Å². The molecule has 1 saturated heterocycles. The van der Waals surface area contributed by atoms with Gasteiger partial charge in [-0.15, -0.1) is 0 Å². The molecule has 0 bridgehead atoms. The van der Waals surface area contributed by atoms with Gasteiger partial charge in [-0.2, -0.15) is 0 Å². The van der Waals surface area contributed by atoms with Crippen molar-refractivity contribution in [1.82, 2.24) is 9.88 Å². The standard InChI is InChI=1S/C16H24BrN3O2/c1-11-8-13(17)9-18-14(11)19-6-7-20(12(2)10-19)15(21)22-16(3,4)5/h8-9,12H,6-7,10H2,1-5H3/t12-/m0/s1. The summed E-state index contributed by atoms with van der Waals surface area (Å²) in [5.41, 5.74) is 0.671. The highest BCUT2D eigenvalue weighted by Gasteiger charge is 2.31. The highest BCUT2D eigenvalue weighted by molar-refractivity contribution is 9.10. The van der Waals surface area contributed by atoms with Crippen LogP contribution in [0.3, 0.4) is 0 Å². The molecule has 0 spiro atoms. The second kappa shape index (κ2) is 6.44. The van der Waals surface area contributed by atoms with Gasteiger partial charge in [-0.1, -0.05) is 0 Å². The van der Waals surface area contributed by atoms with E-state index in [9.17, 15) is 4.79 Å². The molecule has 1 amide bonds. The number of amides is 1. The first-order valence-electron chi connectivity index (χ1n) is 7.54. The topological polar surface area (TPSA) is 45.7 Å². The van der Waals surface area contributed by atoms with E-state index in [0.717, 1.165) is 28.9 Å². The van der Waals surface area contributed by atoms with E-state index in [4.69, 9.17) is 4.74 Å². The Morgan fingerprint density at radius 2 is 2.09 bits per heavy atom.